The van der Waals surface area contributed by atoms with Crippen LogP contribution in [-0.4, -0.2) is 65.0 Å². The third kappa shape index (κ3) is 13.1. The number of ether oxygens (including phenoxy) is 1. The number of nitrogens with zero attached hydrogens (tertiary/aromatic N) is 2. The molecule has 0 aromatic heterocycles. The van der Waals surface area contributed by atoms with Gasteiger partial charge in [0.05, 0.1) is 0 Å². The van der Waals surface area contributed by atoms with Gasteiger partial charge >= 0.3 is 224 Å². The van der Waals surface area contributed by atoms with Crippen LogP contribution in [0.5, 0.6) is 0 Å². The van der Waals surface area contributed by atoms with Crippen LogP contribution in [0.4, 0.5) is 4.79 Å². The number of carbonyl (C=O) groups excluding carboxylic acids is 1. The molecule has 220 valence electrons. The van der Waals surface area contributed by atoms with Crippen LogP contribution in [0.15, 0.2) is 30.3 Å². The summed E-state index contributed by atoms with van der Waals surface area (Å²) in [6.07, 6.45) is 15.3. The van der Waals surface area contributed by atoms with Crippen molar-refractivity contribution in [3.05, 3.63) is 35.9 Å². The predicted molar refractivity (Wildman–Crippen MR) is 169 cm³/mol. The molecule has 0 saturated carbocycles. The molecule has 0 spiro atoms. The summed E-state index contributed by atoms with van der Waals surface area (Å²) in [5, 5.41) is 0. The molecule has 5 heteroatoms. The van der Waals surface area contributed by atoms with E-state index in [0.717, 1.165) is 32.7 Å². The second kappa shape index (κ2) is 22.0. The van der Waals surface area contributed by atoms with Crippen molar-refractivity contribution in [3.8, 4) is 0 Å². The van der Waals surface area contributed by atoms with E-state index in [9.17, 15) is 4.79 Å². The molecule has 0 radical (unpaired) electrons. The van der Waals surface area contributed by atoms with E-state index in [1.807, 2.05) is 4.90 Å². The Balaban J connectivity index is 2.79. The fourth-order valence-electron chi connectivity index (χ4n) is 6.06. The number of carbonyl (C=O) groups is 1. The second-order valence-corrected chi connectivity index (χ2v) is 25.3. The molecule has 1 unspecified atom stereocenters. The van der Waals surface area contributed by atoms with Crippen LogP contribution < -0.4 is 0 Å². The van der Waals surface area contributed by atoms with Gasteiger partial charge in [0.2, 0.25) is 0 Å². The minimum absolute atomic E-state index is 0.279. The summed E-state index contributed by atoms with van der Waals surface area (Å²) in [6.45, 7) is 14.5. The van der Waals surface area contributed by atoms with Crippen molar-refractivity contribution >= 4 is 24.4 Å². The summed E-state index contributed by atoms with van der Waals surface area (Å²) in [5.74, 6) is 0. The number of benzene rings is 1. The van der Waals surface area contributed by atoms with Crippen LogP contribution in [0.2, 0.25) is 13.3 Å². The van der Waals surface area contributed by atoms with Gasteiger partial charge < -0.3 is 0 Å². The van der Waals surface area contributed by atoms with Gasteiger partial charge in [-0.3, -0.25) is 0 Å². The number of amides is 2. The van der Waals surface area contributed by atoms with Crippen LogP contribution >= 0.6 is 0 Å². The van der Waals surface area contributed by atoms with Gasteiger partial charge in [-0.05, 0) is 0 Å². The fraction of sp³-hybridized carbons (Fsp3) is 0.788. The molecule has 4 nitrogen and oxygen atoms in total. The Labute approximate surface area is 241 Å². The average Bonchev–Trinajstić information content (AvgIpc) is 2.95. The number of unbranched alkanes of at least 4 members (excludes halogenated alkanes) is 7. The summed E-state index contributed by atoms with van der Waals surface area (Å²) < 4.78 is 10.8. The van der Waals surface area contributed by atoms with Gasteiger partial charge in [0, 0.05) is 0 Å². The quantitative estimate of drug-likeness (QED) is 0.0885. The van der Waals surface area contributed by atoms with Crippen molar-refractivity contribution in [2.24, 2.45) is 0 Å². The number of rotatable bonds is 23. The van der Waals surface area contributed by atoms with Crippen LogP contribution in [-0.2, 0) is 11.3 Å². The van der Waals surface area contributed by atoms with Crippen molar-refractivity contribution in [2.75, 3.05) is 26.7 Å². The molecule has 0 heterocycles. The van der Waals surface area contributed by atoms with Gasteiger partial charge in [-0.1, -0.05) is 18.2 Å². The van der Waals surface area contributed by atoms with Crippen molar-refractivity contribution in [1.29, 1.82) is 0 Å². The summed E-state index contributed by atoms with van der Waals surface area (Å²) in [6, 6.07) is 10.7. The van der Waals surface area contributed by atoms with Crippen LogP contribution in [0.1, 0.15) is 117 Å². The first-order valence-corrected chi connectivity index (χ1v) is 23.8. The third-order valence-corrected chi connectivity index (χ3v) is 26.0. The molecule has 1 rings (SSSR count). The van der Waals surface area contributed by atoms with Gasteiger partial charge in [0.15, 0.2) is 0 Å². The molecule has 2 amide bonds. The van der Waals surface area contributed by atoms with Gasteiger partial charge in [-0.15, -0.1) is 0 Å². The van der Waals surface area contributed by atoms with E-state index in [1.54, 1.807) is 0 Å². The van der Waals surface area contributed by atoms with Gasteiger partial charge in [0.25, 0.3) is 0 Å². The van der Waals surface area contributed by atoms with Crippen LogP contribution in [0.3, 0.4) is 0 Å². The summed E-state index contributed by atoms with van der Waals surface area (Å²) in [7, 11) is 2.16. The molecule has 38 heavy (non-hydrogen) atoms. The normalized spacial score (nSPS) is 12.5. The summed E-state index contributed by atoms with van der Waals surface area (Å²) in [4.78, 5) is 17.9. The first-order valence-electron chi connectivity index (χ1n) is 16.1. The minimum atomic E-state index is -2.61. The Hall–Kier alpha value is -0.751. The summed E-state index contributed by atoms with van der Waals surface area (Å²) in [5.41, 5.74) is 1.26. The van der Waals surface area contributed by atoms with E-state index < -0.39 is 18.4 Å². The van der Waals surface area contributed by atoms with Gasteiger partial charge in [-0.2, -0.15) is 0 Å². The number of hydrogen-bond donors (Lipinski definition) is 0. The zero-order valence-electron chi connectivity index (χ0n) is 26.1. The Bertz CT molecular complexity index is 674. The Kier molecular flexibility index (Phi) is 20.4. The number of hydrogen-bond acceptors (Lipinski definition) is 2. The molecule has 0 aliphatic carbocycles. The topological polar surface area (TPSA) is 32.8 Å². The molecule has 0 saturated heterocycles. The number of urea groups is 1. The second-order valence-electron chi connectivity index (χ2n) is 11.3. The zero-order chi connectivity index (χ0) is 28.1. The van der Waals surface area contributed by atoms with E-state index in [1.165, 1.54) is 89.5 Å². The van der Waals surface area contributed by atoms with E-state index in [0.29, 0.717) is 4.06 Å². The van der Waals surface area contributed by atoms with E-state index >= 15 is 0 Å². The molecule has 0 aliphatic heterocycles. The first kappa shape index (κ1) is 35.3. The molecule has 0 bridgehead atoms. The maximum absolute atomic E-state index is 13.6. The fourth-order valence-corrected chi connectivity index (χ4v) is 25.1. The van der Waals surface area contributed by atoms with E-state index in [4.69, 9.17) is 4.74 Å². The molecule has 1 atom stereocenters. The molecule has 0 N–H and O–H groups in total. The summed E-state index contributed by atoms with van der Waals surface area (Å²) >= 11 is -2.61. The Morgan fingerprint density at radius 2 is 1.29 bits per heavy atom. The molecular weight excluding hydrogens is 575 g/mol. The molecule has 1 aromatic carbocycles. The van der Waals surface area contributed by atoms with E-state index in [-0.39, 0.29) is 6.03 Å². The Morgan fingerprint density at radius 1 is 0.763 bits per heavy atom. The first-order chi connectivity index (χ1) is 18.5. The monoisotopic (exact) mass is 638 g/mol. The average molecular weight is 638 g/mol. The third-order valence-electron chi connectivity index (χ3n) is 8.47. The Morgan fingerprint density at radius 3 is 1.82 bits per heavy atom. The molecule has 0 fully saturated rings. The van der Waals surface area contributed by atoms with Gasteiger partial charge in [-0.25, -0.2) is 0 Å². The standard InChI is InChI=1S/C21H35N2O2.3C4H9.Sn/c1-4-23(5-2)21(24)22(3)17-13-8-6-7-9-14-18-25-19-20-15-11-10-12-16-20;3*1-3-4-2;/h10-12,15-17H,4-9,13-14,18-19H2,1-3H3;3*1,3-4H2,2H3;. The van der Waals surface area contributed by atoms with Crippen LogP contribution in [0.25, 0.3) is 0 Å². The molecule has 1 aromatic rings. The maximum atomic E-state index is 13.6. The van der Waals surface area contributed by atoms with Crippen molar-refractivity contribution < 1.29 is 9.53 Å². The zero-order valence-corrected chi connectivity index (χ0v) is 29.0. The molecule has 0 aliphatic rings. The van der Waals surface area contributed by atoms with Crippen molar-refractivity contribution in [1.82, 2.24) is 9.80 Å². The van der Waals surface area contributed by atoms with Crippen molar-refractivity contribution in [2.45, 2.75) is 136 Å². The molecular formula is C33H62N2O2Sn. The SMILES string of the molecule is CCC[CH2][Sn]([CH2]CCC)([CH2]CCC)[CH](CCCCCCCOCc1ccccc1)N(C)C(=O)N(CC)CC. The van der Waals surface area contributed by atoms with E-state index in [2.05, 4.69) is 76.9 Å². The van der Waals surface area contributed by atoms with Gasteiger partial charge in [0.1, 0.15) is 0 Å². The van der Waals surface area contributed by atoms with Crippen molar-refractivity contribution in [3.63, 3.8) is 0 Å². The van der Waals surface area contributed by atoms with Crippen LogP contribution in [0, 0.1) is 0 Å². The predicted octanol–water partition coefficient (Wildman–Crippen LogP) is 9.69.